The molecule has 0 spiro atoms. The smallest absolute Gasteiger partial charge is 0.227 e. The molecule has 5 heteroatoms. The average Bonchev–Trinajstić information content (AvgIpc) is 2.51. The number of hydrogen-bond donors (Lipinski definition) is 2. The molecule has 3 N–H and O–H groups in total. The van der Waals surface area contributed by atoms with Gasteiger partial charge >= 0.3 is 0 Å². The van der Waals surface area contributed by atoms with E-state index in [-0.39, 0.29) is 17.9 Å². The van der Waals surface area contributed by atoms with Crippen molar-refractivity contribution >= 4 is 11.6 Å². The molecule has 70 valence electrons. The van der Waals surface area contributed by atoms with Gasteiger partial charge < -0.3 is 15.6 Å². The molecule has 0 saturated heterocycles. The Kier molecular flexibility index (Phi) is 2.02. The van der Waals surface area contributed by atoms with Crippen molar-refractivity contribution in [2.24, 2.45) is 11.7 Å². The number of nitrogens with one attached hydrogen (secondary N) is 1. The van der Waals surface area contributed by atoms with E-state index in [4.69, 9.17) is 5.73 Å². The van der Waals surface area contributed by atoms with E-state index in [0.717, 1.165) is 12.8 Å². The van der Waals surface area contributed by atoms with E-state index < -0.39 is 0 Å². The first kappa shape index (κ1) is 8.25. The fourth-order valence-electron chi connectivity index (χ4n) is 1.39. The molecule has 1 aliphatic rings. The quantitative estimate of drug-likeness (QED) is 0.689. The molecule has 1 fully saturated rings. The number of carbonyl (C=O) groups excluding carboxylic acids is 1. The Labute approximate surface area is 75.3 Å². The highest BCUT2D eigenvalue weighted by molar-refractivity contribution is 5.92. The van der Waals surface area contributed by atoms with Gasteiger partial charge in [0.1, 0.15) is 12.0 Å². The van der Waals surface area contributed by atoms with Gasteiger partial charge in [-0.3, -0.25) is 4.79 Å². The van der Waals surface area contributed by atoms with Crippen molar-refractivity contribution < 1.29 is 9.32 Å². The zero-order valence-corrected chi connectivity index (χ0v) is 7.06. The van der Waals surface area contributed by atoms with Crippen LogP contribution in [-0.4, -0.2) is 17.1 Å². The molecular formula is C8H11N3O2. The molecule has 0 aliphatic heterocycles. The molecule has 0 atom stereocenters. The van der Waals surface area contributed by atoms with Gasteiger partial charge in [-0.15, -0.1) is 0 Å². The summed E-state index contributed by atoms with van der Waals surface area (Å²) in [6.45, 7) is 0. The lowest BCUT2D eigenvalue weighted by molar-refractivity contribution is -0.122. The highest BCUT2D eigenvalue weighted by Crippen LogP contribution is 2.26. The Bertz CT molecular complexity index is 290. The lowest BCUT2D eigenvalue weighted by atomic mass is 9.80. The van der Waals surface area contributed by atoms with Crippen molar-refractivity contribution in [2.45, 2.75) is 18.9 Å². The van der Waals surface area contributed by atoms with Gasteiger partial charge in [0.25, 0.3) is 0 Å². The molecule has 1 aromatic heterocycles. The number of aromatic nitrogens is 1. The third-order valence-corrected chi connectivity index (χ3v) is 2.25. The number of anilines is 1. The number of nitrogens with zero attached hydrogens (tertiary/aromatic N) is 1. The van der Waals surface area contributed by atoms with Gasteiger partial charge in [0.05, 0.1) is 6.20 Å². The van der Waals surface area contributed by atoms with Crippen LogP contribution in [0.4, 0.5) is 5.69 Å². The molecule has 0 aromatic carbocycles. The summed E-state index contributed by atoms with van der Waals surface area (Å²) in [7, 11) is 0. The second kappa shape index (κ2) is 3.18. The molecule has 13 heavy (non-hydrogen) atoms. The van der Waals surface area contributed by atoms with Crippen LogP contribution in [0.1, 0.15) is 12.8 Å². The first-order valence-corrected chi connectivity index (χ1v) is 4.21. The third kappa shape index (κ3) is 1.70. The van der Waals surface area contributed by atoms with Crippen molar-refractivity contribution in [2.75, 3.05) is 5.32 Å². The summed E-state index contributed by atoms with van der Waals surface area (Å²) in [6, 6.07) is 0.193. The van der Waals surface area contributed by atoms with E-state index in [1.165, 1.54) is 12.5 Å². The average molecular weight is 181 g/mol. The molecule has 1 heterocycles. The summed E-state index contributed by atoms with van der Waals surface area (Å²) in [5.41, 5.74) is 6.17. The molecular weight excluding hydrogens is 170 g/mol. The molecule has 0 radical (unpaired) electrons. The summed E-state index contributed by atoms with van der Waals surface area (Å²) >= 11 is 0. The van der Waals surface area contributed by atoms with Crippen LogP contribution in [-0.2, 0) is 4.79 Å². The fourth-order valence-corrected chi connectivity index (χ4v) is 1.39. The first-order chi connectivity index (χ1) is 6.25. The van der Waals surface area contributed by atoms with Crippen molar-refractivity contribution in [1.82, 2.24) is 5.16 Å². The second-order valence-corrected chi connectivity index (χ2v) is 3.33. The van der Waals surface area contributed by atoms with Crippen molar-refractivity contribution in [3.8, 4) is 0 Å². The van der Waals surface area contributed by atoms with Gasteiger partial charge in [0.2, 0.25) is 5.91 Å². The van der Waals surface area contributed by atoms with Crippen LogP contribution in [0.15, 0.2) is 17.0 Å². The predicted molar refractivity (Wildman–Crippen MR) is 45.8 cm³/mol. The van der Waals surface area contributed by atoms with Crippen molar-refractivity contribution in [3.05, 3.63) is 12.5 Å². The molecule has 1 aliphatic carbocycles. The third-order valence-electron chi connectivity index (χ3n) is 2.25. The van der Waals surface area contributed by atoms with Gasteiger partial charge in [-0.2, -0.15) is 0 Å². The molecule has 0 bridgehead atoms. The van der Waals surface area contributed by atoms with Gasteiger partial charge in [-0.05, 0) is 12.8 Å². The molecule has 1 amide bonds. The molecule has 1 aromatic rings. The van der Waals surface area contributed by atoms with Crippen LogP contribution in [0, 0.1) is 5.92 Å². The van der Waals surface area contributed by atoms with E-state index in [0.29, 0.717) is 5.69 Å². The number of carbonyl (C=O) groups is 1. The molecule has 0 unspecified atom stereocenters. The summed E-state index contributed by atoms with van der Waals surface area (Å²) < 4.78 is 4.58. The zero-order chi connectivity index (χ0) is 9.26. The van der Waals surface area contributed by atoms with Crippen LogP contribution in [0.5, 0.6) is 0 Å². The topological polar surface area (TPSA) is 81.2 Å². The van der Waals surface area contributed by atoms with Crippen LogP contribution in [0.25, 0.3) is 0 Å². The monoisotopic (exact) mass is 181 g/mol. The summed E-state index contributed by atoms with van der Waals surface area (Å²) in [4.78, 5) is 11.4. The summed E-state index contributed by atoms with van der Waals surface area (Å²) in [5, 5.41) is 6.17. The Balaban J connectivity index is 1.86. The van der Waals surface area contributed by atoms with Gasteiger partial charge in [-0.25, -0.2) is 0 Å². The van der Waals surface area contributed by atoms with E-state index in [2.05, 4.69) is 15.0 Å². The van der Waals surface area contributed by atoms with Crippen LogP contribution in [0.3, 0.4) is 0 Å². The van der Waals surface area contributed by atoms with Gasteiger partial charge in [-0.1, -0.05) is 5.16 Å². The van der Waals surface area contributed by atoms with Crippen LogP contribution < -0.4 is 11.1 Å². The largest absolute Gasteiger partial charge is 0.363 e. The minimum Gasteiger partial charge on any atom is -0.363 e. The first-order valence-electron chi connectivity index (χ1n) is 4.21. The normalized spacial score (nSPS) is 26.5. The second-order valence-electron chi connectivity index (χ2n) is 3.33. The lowest BCUT2D eigenvalue weighted by Crippen LogP contribution is -2.42. The van der Waals surface area contributed by atoms with Gasteiger partial charge in [0.15, 0.2) is 0 Å². The number of amides is 1. The number of nitrogens with two attached hydrogens (primary N) is 1. The Hall–Kier alpha value is -1.36. The Morgan fingerprint density at radius 2 is 2.46 bits per heavy atom. The van der Waals surface area contributed by atoms with Crippen LogP contribution >= 0.6 is 0 Å². The number of hydrogen-bond acceptors (Lipinski definition) is 4. The van der Waals surface area contributed by atoms with E-state index in [1.54, 1.807) is 0 Å². The van der Waals surface area contributed by atoms with Crippen molar-refractivity contribution in [1.29, 1.82) is 0 Å². The van der Waals surface area contributed by atoms with Crippen LogP contribution in [0.2, 0.25) is 0 Å². The highest BCUT2D eigenvalue weighted by Gasteiger charge is 2.31. The summed E-state index contributed by atoms with van der Waals surface area (Å²) in [5.74, 6) is 0.0646. The molecule has 5 nitrogen and oxygen atoms in total. The highest BCUT2D eigenvalue weighted by atomic mass is 16.5. The number of rotatable bonds is 2. The fraction of sp³-hybridized carbons (Fsp3) is 0.500. The molecule has 2 rings (SSSR count). The predicted octanol–water partition coefficient (Wildman–Crippen LogP) is 0.350. The van der Waals surface area contributed by atoms with E-state index in [9.17, 15) is 4.79 Å². The lowest BCUT2D eigenvalue weighted by Gasteiger charge is -2.30. The Morgan fingerprint density at radius 1 is 1.69 bits per heavy atom. The van der Waals surface area contributed by atoms with E-state index in [1.807, 2.05) is 0 Å². The standard InChI is InChI=1S/C8H11N3O2/c9-6-1-5(2-6)8(12)11-7-3-10-13-4-7/h3-6H,1-2,9H2,(H,11,12). The SMILES string of the molecule is NC1CC(C(=O)Nc2cnoc2)C1. The maximum absolute atomic E-state index is 11.4. The van der Waals surface area contributed by atoms with Crippen molar-refractivity contribution in [3.63, 3.8) is 0 Å². The van der Waals surface area contributed by atoms with Gasteiger partial charge in [0, 0.05) is 12.0 Å². The maximum Gasteiger partial charge on any atom is 0.227 e. The zero-order valence-electron chi connectivity index (χ0n) is 7.06. The Morgan fingerprint density at radius 3 is 3.00 bits per heavy atom. The minimum atomic E-state index is 0.00454. The summed E-state index contributed by atoms with van der Waals surface area (Å²) in [6.07, 6.45) is 4.42. The minimum absolute atomic E-state index is 0.00454. The molecule has 1 saturated carbocycles. The van der Waals surface area contributed by atoms with E-state index >= 15 is 0 Å². The maximum atomic E-state index is 11.4.